The van der Waals surface area contributed by atoms with Crippen molar-refractivity contribution in [3.05, 3.63) is 45.6 Å². The van der Waals surface area contributed by atoms with E-state index in [9.17, 15) is 9.90 Å². The molecule has 0 aliphatic heterocycles. The van der Waals surface area contributed by atoms with Gasteiger partial charge in [0.15, 0.2) is 11.7 Å². The maximum absolute atomic E-state index is 12.3. The normalized spacial score (nSPS) is 16.2. The highest BCUT2D eigenvalue weighted by atomic mass is 79.9. The van der Waals surface area contributed by atoms with Crippen LogP contribution in [0.5, 0.6) is 5.88 Å². The number of aromatic hydroxyl groups is 1. The van der Waals surface area contributed by atoms with Gasteiger partial charge in [0.05, 0.1) is 17.3 Å². The zero-order valence-electron chi connectivity index (χ0n) is 12.4. The molecule has 1 aliphatic carbocycles. The highest BCUT2D eigenvalue weighted by molar-refractivity contribution is 9.10. The Hall–Kier alpha value is -2.06. The number of benzene rings is 1. The van der Waals surface area contributed by atoms with Crippen molar-refractivity contribution in [1.82, 2.24) is 4.57 Å². The van der Waals surface area contributed by atoms with Gasteiger partial charge in [-0.15, -0.1) is 0 Å². The molecule has 0 fully saturated rings. The molecule has 5 heteroatoms. The van der Waals surface area contributed by atoms with E-state index in [2.05, 4.69) is 35.8 Å². The molecule has 1 aromatic carbocycles. The van der Waals surface area contributed by atoms with Crippen LogP contribution in [-0.4, -0.2) is 15.5 Å². The van der Waals surface area contributed by atoms with Crippen LogP contribution < -0.4 is 0 Å². The van der Waals surface area contributed by atoms with Gasteiger partial charge in [-0.3, -0.25) is 9.36 Å². The molecular weight excluding hydrogens is 344 g/mol. The minimum Gasteiger partial charge on any atom is -0.494 e. The second-order valence-corrected chi connectivity index (χ2v) is 7.27. The van der Waals surface area contributed by atoms with Gasteiger partial charge < -0.3 is 5.11 Å². The summed E-state index contributed by atoms with van der Waals surface area (Å²) in [5.41, 5.74) is 2.54. The van der Waals surface area contributed by atoms with E-state index in [4.69, 9.17) is 5.26 Å². The second kappa shape index (κ2) is 4.99. The summed E-state index contributed by atoms with van der Waals surface area (Å²) < 4.78 is 2.40. The van der Waals surface area contributed by atoms with Crippen LogP contribution in [0.15, 0.2) is 28.7 Å². The molecule has 22 heavy (non-hydrogen) atoms. The van der Waals surface area contributed by atoms with Crippen molar-refractivity contribution in [3.63, 3.8) is 0 Å². The van der Waals surface area contributed by atoms with E-state index < -0.39 is 0 Å². The number of Topliss-reactive ketones (excluding diaryl/α,β-unsaturated/α-hetero) is 1. The Morgan fingerprint density at radius 2 is 2.05 bits per heavy atom. The Labute approximate surface area is 137 Å². The van der Waals surface area contributed by atoms with Crippen molar-refractivity contribution >= 4 is 21.7 Å². The minimum atomic E-state index is -0.133. The number of nitriles is 1. The summed E-state index contributed by atoms with van der Waals surface area (Å²) in [6, 6.07) is 8.79. The van der Waals surface area contributed by atoms with E-state index in [0.29, 0.717) is 28.4 Å². The summed E-state index contributed by atoms with van der Waals surface area (Å²) in [5.74, 6) is 0.103. The fraction of sp³-hybridized carbons (Fsp3) is 0.294. The van der Waals surface area contributed by atoms with Crippen molar-refractivity contribution in [1.29, 1.82) is 5.26 Å². The summed E-state index contributed by atoms with van der Waals surface area (Å²) in [6.45, 7) is 4.10. The number of aromatic nitrogens is 1. The summed E-state index contributed by atoms with van der Waals surface area (Å²) in [5, 5.41) is 19.3. The molecule has 0 amide bonds. The number of rotatable bonds is 1. The summed E-state index contributed by atoms with van der Waals surface area (Å²) in [6.07, 6.45) is 1.19. The zero-order chi connectivity index (χ0) is 16.1. The molecule has 3 rings (SSSR count). The number of hydrogen-bond donors (Lipinski definition) is 1. The molecule has 0 saturated heterocycles. The topological polar surface area (TPSA) is 66.0 Å². The Morgan fingerprint density at radius 3 is 2.68 bits per heavy atom. The summed E-state index contributed by atoms with van der Waals surface area (Å²) >= 11 is 3.45. The molecule has 0 unspecified atom stereocenters. The third kappa shape index (κ3) is 2.34. The van der Waals surface area contributed by atoms with E-state index in [1.807, 2.05) is 0 Å². The lowest BCUT2D eigenvalue weighted by Gasteiger charge is -2.29. The first-order valence-electron chi connectivity index (χ1n) is 6.99. The molecule has 0 bridgehead atoms. The molecule has 0 atom stereocenters. The quantitative estimate of drug-likeness (QED) is 0.838. The van der Waals surface area contributed by atoms with Gasteiger partial charge in [0.2, 0.25) is 0 Å². The molecule has 0 saturated carbocycles. The van der Waals surface area contributed by atoms with Crippen molar-refractivity contribution in [2.45, 2.75) is 26.7 Å². The Bertz CT molecular complexity index is 828. The third-order valence-electron chi connectivity index (χ3n) is 3.99. The lowest BCUT2D eigenvalue weighted by Crippen LogP contribution is -2.27. The molecule has 0 spiro atoms. The first-order chi connectivity index (χ1) is 10.3. The zero-order valence-corrected chi connectivity index (χ0v) is 13.9. The number of carbonyl (C=O) groups is 1. The smallest absolute Gasteiger partial charge is 0.196 e. The molecule has 1 aliphatic rings. The standard InChI is InChI=1S/C17H15BrN2O2/c1-17(2)7-14-11(15(21)8-17)6-16(22)20(14)13-4-3-10(9-19)5-12(13)18/h3-6,22H,7-8H2,1-2H3. The first kappa shape index (κ1) is 14.9. The van der Waals surface area contributed by atoms with Gasteiger partial charge in [0.25, 0.3) is 0 Å². The van der Waals surface area contributed by atoms with Crippen LogP contribution >= 0.6 is 15.9 Å². The lowest BCUT2D eigenvalue weighted by molar-refractivity contribution is 0.0911. The predicted molar refractivity (Wildman–Crippen MR) is 86.3 cm³/mol. The number of ketones is 1. The highest BCUT2D eigenvalue weighted by Crippen LogP contribution is 2.40. The van der Waals surface area contributed by atoms with Crippen molar-refractivity contribution in [3.8, 4) is 17.6 Å². The molecule has 1 heterocycles. The van der Waals surface area contributed by atoms with Gasteiger partial charge in [0.1, 0.15) is 0 Å². The van der Waals surface area contributed by atoms with Crippen LogP contribution in [0.4, 0.5) is 0 Å². The molecule has 1 aromatic heterocycles. The average Bonchev–Trinajstić information content (AvgIpc) is 2.74. The number of hydrogen-bond acceptors (Lipinski definition) is 3. The molecular formula is C17H15BrN2O2. The van der Waals surface area contributed by atoms with E-state index in [1.165, 1.54) is 6.07 Å². The second-order valence-electron chi connectivity index (χ2n) is 6.42. The van der Waals surface area contributed by atoms with Crippen molar-refractivity contribution < 1.29 is 9.90 Å². The van der Waals surface area contributed by atoms with E-state index in [1.54, 1.807) is 22.8 Å². The van der Waals surface area contributed by atoms with Gasteiger partial charge in [-0.1, -0.05) is 13.8 Å². The SMILES string of the molecule is CC1(C)CC(=O)c2cc(O)n(-c3ccc(C#N)cc3Br)c2C1. The molecule has 112 valence electrons. The summed E-state index contributed by atoms with van der Waals surface area (Å²) in [7, 11) is 0. The first-order valence-corrected chi connectivity index (χ1v) is 7.78. The Kier molecular flexibility index (Phi) is 3.37. The van der Waals surface area contributed by atoms with Crippen molar-refractivity contribution in [2.75, 3.05) is 0 Å². The maximum Gasteiger partial charge on any atom is 0.196 e. The molecule has 1 N–H and O–H groups in total. The number of halogens is 1. The van der Waals surface area contributed by atoms with Gasteiger partial charge in [-0.25, -0.2) is 0 Å². The van der Waals surface area contributed by atoms with Crippen LogP contribution in [-0.2, 0) is 6.42 Å². The molecule has 2 aromatic rings. The van der Waals surface area contributed by atoms with Crippen molar-refractivity contribution in [2.24, 2.45) is 5.41 Å². The van der Waals surface area contributed by atoms with E-state index in [0.717, 1.165) is 11.4 Å². The average molecular weight is 359 g/mol. The maximum atomic E-state index is 12.3. The van der Waals surface area contributed by atoms with Gasteiger partial charge in [-0.05, 0) is 46.0 Å². The van der Waals surface area contributed by atoms with Crippen LogP contribution in [0.2, 0.25) is 0 Å². The van der Waals surface area contributed by atoms with E-state index >= 15 is 0 Å². The lowest BCUT2D eigenvalue weighted by atomic mass is 9.76. The number of carbonyl (C=O) groups excluding carboxylic acids is 1. The van der Waals surface area contributed by atoms with Crippen LogP contribution in [0, 0.1) is 16.7 Å². The van der Waals surface area contributed by atoms with Crippen LogP contribution in [0.25, 0.3) is 5.69 Å². The number of nitrogens with zero attached hydrogens (tertiary/aromatic N) is 2. The van der Waals surface area contributed by atoms with Gasteiger partial charge >= 0.3 is 0 Å². The minimum absolute atomic E-state index is 0.0430. The molecule has 0 radical (unpaired) electrons. The van der Waals surface area contributed by atoms with Gasteiger partial charge in [0, 0.05) is 28.2 Å². The fourth-order valence-corrected chi connectivity index (χ4v) is 3.58. The Balaban J connectivity index is 2.22. The van der Waals surface area contributed by atoms with Gasteiger partial charge in [-0.2, -0.15) is 5.26 Å². The fourth-order valence-electron chi connectivity index (χ4n) is 3.02. The monoisotopic (exact) mass is 358 g/mol. The van der Waals surface area contributed by atoms with E-state index in [-0.39, 0.29) is 17.1 Å². The number of fused-ring (bicyclic) bond motifs is 1. The third-order valence-corrected chi connectivity index (χ3v) is 4.62. The summed E-state index contributed by atoms with van der Waals surface area (Å²) in [4.78, 5) is 12.3. The molecule has 4 nitrogen and oxygen atoms in total. The predicted octanol–water partition coefficient (Wildman–Crippen LogP) is 3.97. The van der Waals surface area contributed by atoms with Crippen LogP contribution in [0.1, 0.15) is 41.9 Å². The Morgan fingerprint density at radius 1 is 1.32 bits per heavy atom. The largest absolute Gasteiger partial charge is 0.494 e. The van der Waals surface area contributed by atoms with Crippen LogP contribution in [0.3, 0.4) is 0 Å². The highest BCUT2D eigenvalue weighted by Gasteiger charge is 2.35.